The van der Waals surface area contributed by atoms with E-state index >= 15 is 0 Å². The highest BCUT2D eigenvalue weighted by atomic mass is 79.9. The van der Waals surface area contributed by atoms with Crippen molar-refractivity contribution in [1.29, 1.82) is 0 Å². The van der Waals surface area contributed by atoms with Crippen LogP contribution in [0.25, 0.3) is 33.2 Å². The number of halogens is 1. The summed E-state index contributed by atoms with van der Waals surface area (Å²) in [6.45, 7) is 4.11. The van der Waals surface area contributed by atoms with Crippen LogP contribution in [-0.2, 0) is 6.54 Å². The molecule has 8 heteroatoms. The number of para-hydroxylation sites is 2. The minimum atomic E-state index is -0.172. The highest BCUT2D eigenvalue weighted by Gasteiger charge is 2.24. The number of hydrogen-bond donors (Lipinski definition) is 0. The average Bonchev–Trinajstić information content (AvgIpc) is 3.06. The number of hydrogen-bond acceptors (Lipinski definition) is 4. The molecule has 0 saturated heterocycles. The lowest BCUT2D eigenvalue weighted by Crippen LogP contribution is -2.26. The van der Waals surface area contributed by atoms with Crippen LogP contribution >= 0.6 is 15.9 Å². The maximum atomic E-state index is 13.2. The van der Waals surface area contributed by atoms with Gasteiger partial charge in [-0.25, -0.2) is 24.3 Å². The number of fused-ring (bicyclic) bond motifs is 4. The molecule has 1 N–H and O–H groups in total. The normalized spacial score (nSPS) is 11.8. The van der Waals surface area contributed by atoms with E-state index in [0.717, 1.165) is 21.1 Å². The van der Waals surface area contributed by atoms with Gasteiger partial charge in [0.25, 0.3) is 5.65 Å². The molecule has 5 aromatic rings. The Balaban J connectivity index is 1.85. The number of nitrogens with zero attached hydrogens (tertiary/aromatic N) is 5. The molecule has 0 aliphatic heterocycles. The Bertz CT molecular complexity index is 1530. The van der Waals surface area contributed by atoms with Gasteiger partial charge >= 0.3 is 5.56 Å². The van der Waals surface area contributed by atoms with Crippen molar-refractivity contribution in [2.24, 2.45) is 5.10 Å². The summed E-state index contributed by atoms with van der Waals surface area (Å²) in [5.41, 5.74) is 3.76. The number of nitrogens with one attached hydrogen (secondary N) is 1. The van der Waals surface area contributed by atoms with Crippen LogP contribution in [0.1, 0.15) is 5.56 Å². The van der Waals surface area contributed by atoms with Crippen molar-refractivity contribution in [3.63, 3.8) is 0 Å². The second kappa shape index (κ2) is 7.31. The first-order chi connectivity index (χ1) is 14.7. The summed E-state index contributed by atoms with van der Waals surface area (Å²) < 4.78 is 4.14. The van der Waals surface area contributed by atoms with E-state index in [0.29, 0.717) is 28.7 Å². The number of benzene rings is 2. The Morgan fingerprint density at radius 2 is 1.93 bits per heavy atom. The van der Waals surface area contributed by atoms with Gasteiger partial charge in [-0.15, -0.1) is 9.78 Å². The van der Waals surface area contributed by atoms with Crippen LogP contribution in [0.15, 0.2) is 81.9 Å². The van der Waals surface area contributed by atoms with Crippen molar-refractivity contribution in [1.82, 2.24) is 19.2 Å². The molecule has 0 unspecified atom stereocenters. The summed E-state index contributed by atoms with van der Waals surface area (Å²) in [6.07, 6.45) is 5.02. The Morgan fingerprint density at radius 3 is 2.70 bits per heavy atom. The predicted molar refractivity (Wildman–Crippen MR) is 121 cm³/mol. The highest BCUT2D eigenvalue weighted by molar-refractivity contribution is 9.10. The molecule has 0 amide bonds. The second-order valence-electron chi connectivity index (χ2n) is 6.74. The van der Waals surface area contributed by atoms with Crippen LogP contribution in [0.2, 0.25) is 0 Å². The Kier molecular flexibility index (Phi) is 4.48. The highest BCUT2D eigenvalue weighted by Crippen LogP contribution is 2.23. The summed E-state index contributed by atoms with van der Waals surface area (Å²) in [7, 11) is 0. The maximum absolute atomic E-state index is 13.2. The van der Waals surface area contributed by atoms with Gasteiger partial charge in [-0.1, -0.05) is 52.9 Å². The van der Waals surface area contributed by atoms with Gasteiger partial charge in [0, 0.05) is 4.47 Å². The number of rotatable bonds is 4. The lowest BCUT2D eigenvalue weighted by Gasteiger charge is -1.97. The number of allylic oxidation sites excluding steroid dienone is 1. The Morgan fingerprint density at radius 1 is 1.13 bits per heavy atom. The summed E-state index contributed by atoms with van der Waals surface area (Å²) in [4.78, 5) is 25.8. The molecule has 0 atom stereocenters. The zero-order valence-corrected chi connectivity index (χ0v) is 17.4. The van der Waals surface area contributed by atoms with Crippen molar-refractivity contribution in [2.75, 3.05) is 0 Å². The molecule has 0 saturated carbocycles. The van der Waals surface area contributed by atoms with E-state index in [9.17, 15) is 4.79 Å². The van der Waals surface area contributed by atoms with Crippen molar-refractivity contribution in [3.8, 4) is 0 Å². The van der Waals surface area contributed by atoms with Gasteiger partial charge in [-0.3, -0.25) is 0 Å². The van der Waals surface area contributed by atoms with Gasteiger partial charge in [0.1, 0.15) is 5.52 Å². The van der Waals surface area contributed by atoms with Gasteiger partial charge < -0.3 is 0 Å². The molecule has 0 spiro atoms. The quantitative estimate of drug-likeness (QED) is 0.304. The molecule has 146 valence electrons. The monoisotopic (exact) mass is 459 g/mol. The van der Waals surface area contributed by atoms with E-state index in [1.807, 2.05) is 48.5 Å². The minimum absolute atomic E-state index is 0.172. The van der Waals surface area contributed by atoms with Gasteiger partial charge in [0.05, 0.1) is 23.8 Å². The Hall–Kier alpha value is -3.65. The molecule has 3 aromatic heterocycles. The Labute approximate surface area is 179 Å². The number of aromatic amines is 1. The predicted octanol–water partition coefficient (Wildman–Crippen LogP) is 3.54. The van der Waals surface area contributed by atoms with Gasteiger partial charge in [-0.05, 0) is 29.8 Å². The third-order valence-corrected chi connectivity index (χ3v) is 5.26. The SMILES string of the molecule is C=CCn1c[nH+]c2c(c1=O)c1nc3ccccc3nc1n2N=Cc1cccc(Br)c1. The maximum Gasteiger partial charge on any atom is 0.323 e. The molecule has 2 aromatic carbocycles. The minimum Gasteiger partial charge on any atom is -0.250 e. The standard InChI is InChI=1S/C22H15BrN6O/c1-2-10-28-13-24-20-18(22(28)30)19-21(27-17-9-4-3-8-16(17)26-19)29(20)25-12-14-6-5-7-15(23)11-14/h2-9,11-13H,1,10H2/p+1. The molecular weight excluding hydrogens is 444 g/mol. The summed E-state index contributed by atoms with van der Waals surface area (Å²) in [6, 6.07) is 15.4. The van der Waals surface area contributed by atoms with Crippen LogP contribution in [0.3, 0.4) is 0 Å². The summed E-state index contributed by atoms with van der Waals surface area (Å²) >= 11 is 3.47. The van der Waals surface area contributed by atoms with Gasteiger partial charge in [0.2, 0.25) is 5.65 Å². The van der Waals surface area contributed by atoms with Crippen LogP contribution in [0.5, 0.6) is 0 Å². The van der Waals surface area contributed by atoms with Gasteiger partial charge in [-0.2, -0.15) is 0 Å². The molecule has 3 heterocycles. The van der Waals surface area contributed by atoms with Crippen molar-refractivity contribution >= 4 is 55.4 Å². The molecule has 7 nitrogen and oxygen atoms in total. The van der Waals surface area contributed by atoms with E-state index in [2.05, 4.69) is 32.6 Å². The number of H-pyrrole nitrogens is 1. The third-order valence-electron chi connectivity index (χ3n) is 4.77. The zero-order chi connectivity index (χ0) is 20.7. The van der Waals surface area contributed by atoms with Crippen LogP contribution in [0, 0.1) is 0 Å². The molecule has 0 bridgehead atoms. The fraction of sp³-hybridized carbons (Fsp3) is 0.0455. The van der Waals surface area contributed by atoms with E-state index < -0.39 is 0 Å². The van der Waals surface area contributed by atoms with E-state index in [1.54, 1.807) is 27.9 Å². The molecule has 0 aliphatic carbocycles. The van der Waals surface area contributed by atoms with Crippen molar-refractivity contribution in [2.45, 2.75) is 6.54 Å². The molecule has 0 aliphatic rings. The van der Waals surface area contributed by atoms with Gasteiger partial charge in [0.15, 0.2) is 11.7 Å². The number of aromatic nitrogens is 5. The zero-order valence-electron chi connectivity index (χ0n) is 15.8. The third kappa shape index (κ3) is 3.02. The molecule has 0 radical (unpaired) electrons. The first-order valence-corrected chi connectivity index (χ1v) is 10.1. The van der Waals surface area contributed by atoms with Crippen LogP contribution < -0.4 is 10.5 Å². The fourth-order valence-electron chi connectivity index (χ4n) is 3.41. The molecular formula is C22H16BrN6O+. The van der Waals surface area contributed by atoms with Crippen molar-refractivity contribution in [3.05, 3.63) is 87.9 Å². The van der Waals surface area contributed by atoms with Crippen LogP contribution in [-0.4, -0.2) is 25.4 Å². The van der Waals surface area contributed by atoms with E-state index in [-0.39, 0.29) is 5.56 Å². The fourth-order valence-corrected chi connectivity index (χ4v) is 3.82. The lowest BCUT2D eigenvalue weighted by atomic mass is 10.2. The average molecular weight is 460 g/mol. The largest absolute Gasteiger partial charge is 0.323 e. The first kappa shape index (κ1) is 18.4. The molecule has 30 heavy (non-hydrogen) atoms. The molecule has 5 rings (SSSR count). The van der Waals surface area contributed by atoms with E-state index in [1.165, 1.54) is 0 Å². The first-order valence-electron chi connectivity index (χ1n) is 9.28. The smallest absolute Gasteiger partial charge is 0.250 e. The molecule has 0 fully saturated rings. The lowest BCUT2D eigenvalue weighted by molar-refractivity contribution is -0.357. The summed E-state index contributed by atoms with van der Waals surface area (Å²) in [5, 5.41) is 5.07. The van der Waals surface area contributed by atoms with Crippen LogP contribution in [0.4, 0.5) is 0 Å². The topological polar surface area (TPSA) is 79.2 Å². The van der Waals surface area contributed by atoms with Crippen molar-refractivity contribution < 1.29 is 4.98 Å². The van der Waals surface area contributed by atoms with E-state index in [4.69, 9.17) is 9.97 Å². The summed E-state index contributed by atoms with van der Waals surface area (Å²) in [5.74, 6) is 0. The second-order valence-corrected chi connectivity index (χ2v) is 7.65.